The molecular weight excluding hydrogens is 262 g/mol. The highest BCUT2D eigenvalue weighted by molar-refractivity contribution is 5.79. The first kappa shape index (κ1) is 15.1. The summed E-state index contributed by atoms with van der Waals surface area (Å²) in [5.74, 6) is -0.236. The van der Waals surface area contributed by atoms with Crippen molar-refractivity contribution >= 4 is 11.7 Å². The minimum Gasteiger partial charge on any atom is -0.464 e. The van der Waals surface area contributed by atoms with Crippen LogP contribution in [0.1, 0.15) is 19.4 Å². The van der Waals surface area contributed by atoms with E-state index < -0.39 is 0 Å². The van der Waals surface area contributed by atoms with Crippen LogP contribution in [0.3, 0.4) is 0 Å². The minimum atomic E-state index is -0.352. The van der Waals surface area contributed by atoms with E-state index in [-0.39, 0.29) is 12.0 Å². The molecule has 21 heavy (non-hydrogen) atoms. The molecule has 1 N–H and O–H groups in total. The lowest BCUT2D eigenvalue weighted by atomic mass is 10.0. The second kappa shape index (κ2) is 6.93. The van der Waals surface area contributed by atoms with E-state index in [1.54, 1.807) is 13.8 Å². The van der Waals surface area contributed by atoms with Crippen molar-refractivity contribution in [2.45, 2.75) is 26.8 Å². The van der Waals surface area contributed by atoms with Crippen LogP contribution in [0.4, 0.5) is 5.69 Å². The smallest absolute Gasteiger partial charge is 0.328 e. The maximum Gasteiger partial charge on any atom is 0.328 e. The molecule has 1 unspecified atom stereocenters. The van der Waals surface area contributed by atoms with Gasteiger partial charge >= 0.3 is 5.97 Å². The first-order valence-electron chi connectivity index (χ1n) is 7.20. The van der Waals surface area contributed by atoms with Gasteiger partial charge in [-0.2, -0.15) is 0 Å². The monoisotopic (exact) mass is 283 g/mol. The average Bonchev–Trinajstić information content (AvgIpc) is 2.49. The standard InChI is InChI=1S/C18H21NO2/c1-4-21-18(20)14(3)19-17-11-9-16(10-12-17)15-7-5-13(2)6-8-15/h5-12,14,19H,4H2,1-3H3. The van der Waals surface area contributed by atoms with E-state index in [1.807, 2.05) is 24.3 Å². The van der Waals surface area contributed by atoms with E-state index in [0.29, 0.717) is 6.61 Å². The summed E-state index contributed by atoms with van der Waals surface area (Å²) in [7, 11) is 0. The van der Waals surface area contributed by atoms with Crippen molar-refractivity contribution in [3.63, 3.8) is 0 Å². The number of hydrogen-bond acceptors (Lipinski definition) is 3. The fourth-order valence-electron chi connectivity index (χ4n) is 2.08. The molecule has 0 aliphatic heterocycles. The SMILES string of the molecule is CCOC(=O)C(C)Nc1ccc(-c2ccc(C)cc2)cc1. The summed E-state index contributed by atoms with van der Waals surface area (Å²) < 4.78 is 4.98. The number of hydrogen-bond donors (Lipinski definition) is 1. The zero-order valence-electron chi connectivity index (χ0n) is 12.7. The van der Waals surface area contributed by atoms with Crippen molar-refractivity contribution in [1.29, 1.82) is 0 Å². The van der Waals surface area contributed by atoms with Crippen LogP contribution >= 0.6 is 0 Å². The third kappa shape index (κ3) is 4.09. The fraction of sp³-hybridized carbons (Fsp3) is 0.278. The van der Waals surface area contributed by atoms with Gasteiger partial charge in [-0.3, -0.25) is 0 Å². The molecule has 0 aliphatic carbocycles. The third-order valence-electron chi connectivity index (χ3n) is 3.29. The summed E-state index contributed by atoms with van der Waals surface area (Å²) >= 11 is 0. The minimum absolute atomic E-state index is 0.236. The van der Waals surface area contributed by atoms with Crippen LogP contribution in [0.5, 0.6) is 0 Å². The van der Waals surface area contributed by atoms with Crippen LogP contribution < -0.4 is 5.32 Å². The second-order valence-corrected chi connectivity index (χ2v) is 5.06. The summed E-state index contributed by atoms with van der Waals surface area (Å²) in [5, 5.41) is 3.14. The molecule has 0 aliphatic rings. The Morgan fingerprint density at radius 2 is 1.57 bits per heavy atom. The van der Waals surface area contributed by atoms with E-state index in [1.165, 1.54) is 11.1 Å². The summed E-state index contributed by atoms with van der Waals surface area (Å²) in [4.78, 5) is 11.6. The van der Waals surface area contributed by atoms with Gasteiger partial charge in [-0.05, 0) is 44.0 Å². The molecule has 0 fully saturated rings. The maximum absolute atomic E-state index is 11.6. The first-order chi connectivity index (χ1) is 10.1. The van der Waals surface area contributed by atoms with Gasteiger partial charge in [0.15, 0.2) is 0 Å². The summed E-state index contributed by atoms with van der Waals surface area (Å²) in [6.45, 7) is 6.08. The third-order valence-corrected chi connectivity index (χ3v) is 3.29. The molecule has 2 aromatic rings. The summed E-state index contributed by atoms with van der Waals surface area (Å²) in [6, 6.07) is 16.1. The van der Waals surface area contributed by atoms with Crippen LogP contribution in [-0.2, 0) is 9.53 Å². The Labute approximate surface area is 126 Å². The number of rotatable bonds is 5. The van der Waals surface area contributed by atoms with Crippen LogP contribution in [0, 0.1) is 6.92 Å². The number of aryl methyl sites for hydroxylation is 1. The highest BCUT2D eigenvalue weighted by atomic mass is 16.5. The van der Waals surface area contributed by atoms with Crippen molar-refractivity contribution in [2.24, 2.45) is 0 Å². The van der Waals surface area contributed by atoms with Gasteiger partial charge in [0.1, 0.15) is 6.04 Å². The van der Waals surface area contributed by atoms with Gasteiger partial charge < -0.3 is 10.1 Å². The van der Waals surface area contributed by atoms with E-state index in [2.05, 4.69) is 36.5 Å². The van der Waals surface area contributed by atoms with Gasteiger partial charge in [-0.25, -0.2) is 4.79 Å². The molecule has 0 saturated heterocycles. The molecule has 0 bridgehead atoms. The molecule has 3 nitrogen and oxygen atoms in total. The van der Waals surface area contributed by atoms with Gasteiger partial charge in [-0.1, -0.05) is 42.0 Å². The molecular formula is C18H21NO2. The normalized spacial score (nSPS) is 11.8. The lowest BCUT2D eigenvalue weighted by Gasteiger charge is -2.14. The molecule has 0 aromatic heterocycles. The van der Waals surface area contributed by atoms with Gasteiger partial charge in [-0.15, -0.1) is 0 Å². The number of esters is 1. The predicted molar refractivity (Wildman–Crippen MR) is 86.3 cm³/mol. The Morgan fingerprint density at radius 1 is 1.05 bits per heavy atom. The van der Waals surface area contributed by atoms with Gasteiger partial charge in [0, 0.05) is 5.69 Å². The lowest BCUT2D eigenvalue weighted by Crippen LogP contribution is -2.28. The zero-order chi connectivity index (χ0) is 15.2. The predicted octanol–water partition coefficient (Wildman–Crippen LogP) is 4.03. The molecule has 110 valence electrons. The van der Waals surface area contributed by atoms with Crippen LogP contribution in [0.25, 0.3) is 11.1 Å². The summed E-state index contributed by atoms with van der Waals surface area (Å²) in [6.07, 6.45) is 0. The van der Waals surface area contributed by atoms with Crippen molar-refractivity contribution in [3.8, 4) is 11.1 Å². The number of benzene rings is 2. The van der Waals surface area contributed by atoms with Crippen molar-refractivity contribution < 1.29 is 9.53 Å². The topological polar surface area (TPSA) is 38.3 Å². The Kier molecular flexibility index (Phi) is 4.99. The Hall–Kier alpha value is -2.29. The van der Waals surface area contributed by atoms with Gasteiger partial charge in [0.2, 0.25) is 0 Å². The molecule has 3 heteroatoms. The number of anilines is 1. The average molecular weight is 283 g/mol. The van der Waals surface area contributed by atoms with Crippen LogP contribution in [0.15, 0.2) is 48.5 Å². The molecule has 0 amide bonds. The number of carbonyl (C=O) groups is 1. The van der Waals surface area contributed by atoms with E-state index in [9.17, 15) is 4.79 Å². The van der Waals surface area contributed by atoms with Crippen molar-refractivity contribution in [1.82, 2.24) is 0 Å². The van der Waals surface area contributed by atoms with E-state index in [0.717, 1.165) is 11.3 Å². The molecule has 2 aromatic carbocycles. The van der Waals surface area contributed by atoms with E-state index in [4.69, 9.17) is 4.74 Å². The fourth-order valence-corrected chi connectivity index (χ4v) is 2.08. The molecule has 2 rings (SSSR count). The van der Waals surface area contributed by atoms with E-state index >= 15 is 0 Å². The highest BCUT2D eigenvalue weighted by Gasteiger charge is 2.13. The van der Waals surface area contributed by atoms with Crippen molar-refractivity contribution in [3.05, 3.63) is 54.1 Å². The summed E-state index contributed by atoms with van der Waals surface area (Å²) in [5.41, 5.74) is 4.50. The molecule has 1 atom stereocenters. The quantitative estimate of drug-likeness (QED) is 0.842. The maximum atomic E-state index is 11.6. The first-order valence-corrected chi connectivity index (χ1v) is 7.20. The Balaban J connectivity index is 2.05. The van der Waals surface area contributed by atoms with Gasteiger partial charge in [0.05, 0.1) is 6.61 Å². The van der Waals surface area contributed by atoms with Crippen LogP contribution in [-0.4, -0.2) is 18.6 Å². The lowest BCUT2D eigenvalue weighted by molar-refractivity contribution is -0.143. The number of ether oxygens (including phenoxy) is 1. The Morgan fingerprint density at radius 3 is 2.10 bits per heavy atom. The second-order valence-electron chi connectivity index (χ2n) is 5.06. The van der Waals surface area contributed by atoms with Crippen LogP contribution in [0.2, 0.25) is 0 Å². The number of carbonyl (C=O) groups excluding carboxylic acids is 1. The zero-order valence-corrected chi connectivity index (χ0v) is 12.7. The largest absolute Gasteiger partial charge is 0.464 e. The van der Waals surface area contributed by atoms with Crippen molar-refractivity contribution in [2.75, 3.05) is 11.9 Å². The number of nitrogens with one attached hydrogen (secondary N) is 1. The molecule has 0 saturated carbocycles. The van der Waals surface area contributed by atoms with Gasteiger partial charge in [0.25, 0.3) is 0 Å². The highest BCUT2D eigenvalue weighted by Crippen LogP contribution is 2.22. The molecule has 0 heterocycles. The Bertz CT molecular complexity index is 588. The molecule has 0 spiro atoms. The molecule has 0 radical (unpaired) electrons.